The molecule has 0 aliphatic carbocycles. The van der Waals surface area contributed by atoms with Gasteiger partial charge < -0.3 is 19.3 Å². The van der Waals surface area contributed by atoms with Crippen LogP contribution in [-0.2, 0) is 19.0 Å². The van der Waals surface area contributed by atoms with E-state index in [0.29, 0.717) is 13.2 Å². The number of rotatable bonds is 4. The molecule has 1 unspecified atom stereocenters. The summed E-state index contributed by atoms with van der Waals surface area (Å²) in [5, 5.41) is 9.52. The lowest BCUT2D eigenvalue weighted by Crippen LogP contribution is -2.32. The first kappa shape index (κ1) is 11.4. The number of hydrogen-bond donors (Lipinski definition) is 1. The fourth-order valence-electron chi connectivity index (χ4n) is 1.45. The highest BCUT2D eigenvalue weighted by molar-refractivity contribution is 5.69. The zero-order valence-electron chi connectivity index (χ0n) is 8.49. The van der Waals surface area contributed by atoms with E-state index in [9.17, 15) is 9.90 Å². The van der Waals surface area contributed by atoms with Crippen molar-refractivity contribution in [1.29, 1.82) is 0 Å². The van der Waals surface area contributed by atoms with Gasteiger partial charge in [-0.15, -0.1) is 0 Å². The molecule has 1 rings (SSSR count). The molecule has 0 amide bonds. The highest BCUT2D eigenvalue weighted by Crippen LogP contribution is 2.24. The maximum atomic E-state index is 10.8. The first-order chi connectivity index (χ1) is 6.56. The van der Waals surface area contributed by atoms with Gasteiger partial charge in [0.25, 0.3) is 0 Å². The van der Waals surface area contributed by atoms with Crippen LogP contribution in [0.25, 0.3) is 0 Å². The maximum Gasteiger partial charge on any atom is 0.308 e. The summed E-state index contributed by atoms with van der Waals surface area (Å²) in [6, 6.07) is 0. The molecule has 1 atom stereocenters. The van der Waals surface area contributed by atoms with Gasteiger partial charge in [-0.2, -0.15) is 0 Å². The lowest BCUT2D eigenvalue weighted by molar-refractivity contribution is -0.166. The number of carbonyl (C=O) groups excluding carboxylic acids is 1. The number of hydrogen-bond acceptors (Lipinski definition) is 5. The van der Waals surface area contributed by atoms with Crippen LogP contribution in [0.2, 0.25) is 0 Å². The molecule has 0 aromatic heterocycles. The van der Waals surface area contributed by atoms with Crippen molar-refractivity contribution in [3.63, 3.8) is 0 Å². The maximum absolute atomic E-state index is 10.8. The highest BCUT2D eigenvalue weighted by Gasteiger charge is 2.33. The Morgan fingerprint density at radius 3 is 2.64 bits per heavy atom. The Hall–Kier alpha value is -0.650. The van der Waals surface area contributed by atoms with E-state index in [1.54, 1.807) is 6.92 Å². The van der Waals surface area contributed by atoms with Crippen molar-refractivity contribution in [3.8, 4) is 0 Å². The summed E-state index contributed by atoms with van der Waals surface area (Å²) >= 11 is 0. The molecular formula is C9H16O5. The van der Waals surface area contributed by atoms with E-state index in [1.807, 2.05) is 0 Å². The molecule has 82 valence electrons. The topological polar surface area (TPSA) is 65.0 Å². The first-order valence-electron chi connectivity index (χ1n) is 4.58. The van der Waals surface area contributed by atoms with Crippen LogP contribution in [0, 0.1) is 0 Å². The van der Waals surface area contributed by atoms with E-state index in [4.69, 9.17) is 9.47 Å². The van der Waals surface area contributed by atoms with Crippen LogP contribution in [0.4, 0.5) is 0 Å². The summed E-state index contributed by atoms with van der Waals surface area (Å²) in [4.78, 5) is 10.8. The molecule has 1 saturated heterocycles. The Kier molecular flexibility index (Phi) is 3.86. The van der Waals surface area contributed by atoms with Crippen molar-refractivity contribution >= 4 is 5.97 Å². The zero-order chi connectivity index (χ0) is 10.6. The third kappa shape index (κ3) is 3.25. The van der Waals surface area contributed by atoms with E-state index >= 15 is 0 Å². The molecule has 14 heavy (non-hydrogen) atoms. The van der Waals surface area contributed by atoms with E-state index in [0.717, 1.165) is 0 Å². The van der Waals surface area contributed by atoms with Crippen LogP contribution in [0.5, 0.6) is 0 Å². The van der Waals surface area contributed by atoms with Crippen molar-refractivity contribution < 1.29 is 24.1 Å². The minimum atomic E-state index is -0.787. The van der Waals surface area contributed by atoms with Gasteiger partial charge in [-0.1, -0.05) is 0 Å². The Morgan fingerprint density at radius 1 is 1.57 bits per heavy atom. The van der Waals surface area contributed by atoms with Gasteiger partial charge in [0.2, 0.25) is 0 Å². The molecule has 0 saturated carbocycles. The third-order valence-electron chi connectivity index (χ3n) is 2.13. The summed E-state index contributed by atoms with van der Waals surface area (Å²) in [6.45, 7) is 2.81. The Labute approximate surface area is 82.9 Å². The van der Waals surface area contributed by atoms with Crippen LogP contribution >= 0.6 is 0 Å². The number of ether oxygens (including phenoxy) is 3. The number of aliphatic hydroxyl groups excluding tert-OH is 1. The van der Waals surface area contributed by atoms with Gasteiger partial charge in [0.15, 0.2) is 5.79 Å². The minimum absolute atomic E-state index is 0.0290. The van der Waals surface area contributed by atoms with Crippen LogP contribution in [0.15, 0.2) is 0 Å². The van der Waals surface area contributed by atoms with E-state index in [-0.39, 0.29) is 12.8 Å². The van der Waals surface area contributed by atoms with Crippen LogP contribution < -0.4 is 0 Å². The number of methoxy groups -OCH3 is 1. The first-order valence-corrected chi connectivity index (χ1v) is 4.58. The quantitative estimate of drug-likeness (QED) is 0.656. The minimum Gasteiger partial charge on any atom is -0.469 e. The molecule has 5 heteroatoms. The molecule has 0 aromatic rings. The van der Waals surface area contributed by atoms with Gasteiger partial charge in [-0.05, 0) is 6.92 Å². The zero-order valence-corrected chi connectivity index (χ0v) is 8.49. The van der Waals surface area contributed by atoms with Gasteiger partial charge >= 0.3 is 5.97 Å². The predicted octanol–water partition coefficient (Wildman–Crippen LogP) is 0.0635. The summed E-state index contributed by atoms with van der Waals surface area (Å²) in [5.74, 6) is -1.19. The summed E-state index contributed by atoms with van der Waals surface area (Å²) in [7, 11) is 1.29. The Bertz CT molecular complexity index is 197. The molecule has 1 aliphatic heterocycles. The number of carbonyl (C=O) groups is 1. The lowest BCUT2D eigenvalue weighted by Gasteiger charge is -2.24. The fourth-order valence-corrected chi connectivity index (χ4v) is 1.45. The van der Waals surface area contributed by atoms with Gasteiger partial charge in [0, 0.05) is 6.42 Å². The average molecular weight is 204 g/mol. The van der Waals surface area contributed by atoms with E-state index in [2.05, 4.69) is 4.74 Å². The predicted molar refractivity (Wildman–Crippen MR) is 47.6 cm³/mol. The van der Waals surface area contributed by atoms with Gasteiger partial charge in [0.1, 0.15) is 0 Å². The number of aliphatic hydroxyl groups is 1. The third-order valence-corrected chi connectivity index (χ3v) is 2.13. The second-order valence-electron chi connectivity index (χ2n) is 3.47. The van der Waals surface area contributed by atoms with Crippen molar-refractivity contribution in [2.24, 2.45) is 0 Å². The molecular weight excluding hydrogens is 188 g/mol. The molecule has 1 N–H and O–H groups in total. The molecule has 1 fully saturated rings. The SMILES string of the molecule is COC(=O)CC(O)CC1(C)OCCO1. The van der Waals surface area contributed by atoms with Gasteiger partial charge in [-0.25, -0.2) is 0 Å². The smallest absolute Gasteiger partial charge is 0.308 e. The Morgan fingerprint density at radius 2 is 2.14 bits per heavy atom. The molecule has 0 aromatic carbocycles. The largest absolute Gasteiger partial charge is 0.469 e. The van der Waals surface area contributed by atoms with Crippen LogP contribution in [0.3, 0.4) is 0 Å². The second kappa shape index (κ2) is 4.72. The van der Waals surface area contributed by atoms with Crippen molar-refractivity contribution in [3.05, 3.63) is 0 Å². The summed E-state index contributed by atoms with van der Waals surface area (Å²) in [5.41, 5.74) is 0. The van der Waals surface area contributed by atoms with Crippen molar-refractivity contribution in [2.75, 3.05) is 20.3 Å². The normalized spacial score (nSPS) is 21.9. The van der Waals surface area contributed by atoms with Crippen LogP contribution in [0.1, 0.15) is 19.8 Å². The second-order valence-corrected chi connectivity index (χ2v) is 3.47. The summed E-state index contributed by atoms with van der Waals surface area (Å²) < 4.78 is 15.0. The van der Waals surface area contributed by atoms with Crippen molar-refractivity contribution in [2.45, 2.75) is 31.7 Å². The summed E-state index contributed by atoms with van der Waals surface area (Å²) in [6.07, 6.45) is -0.536. The van der Waals surface area contributed by atoms with Crippen LogP contribution in [-0.4, -0.2) is 43.3 Å². The molecule has 1 heterocycles. The van der Waals surface area contributed by atoms with E-state index in [1.165, 1.54) is 7.11 Å². The Balaban J connectivity index is 2.32. The van der Waals surface area contributed by atoms with Gasteiger partial charge in [-0.3, -0.25) is 4.79 Å². The van der Waals surface area contributed by atoms with E-state index < -0.39 is 17.9 Å². The molecule has 0 spiro atoms. The monoisotopic (exact) mass is 204 g/mol. The standard InChI is InChI=1S/C9H16O5/c1-9(13-3-4-14-9)6-7(10)5-8(11)12-2/h7,10H,3-6H2,1-2H3. The molecule has 5 nitrogen and oxygen atoms in total. The molecule has 0 bridgehead atoms. The highest BCUT2D eigenvalue weighted by atomic mass is 16.7. The van der Waals surface area contributed by atoms with Crippen molar-refractivity contribution in [1.82, 2.24) is 0 Å². The number of esters is 1. The average Bonchev–Trinajstić information content (AvgIpc) is 2.51. The fraction of sp³-hybridized carbons (Fsp3) is 0.889. The molecule has 1 aliphatic rings. The molecule has 0 radical (unpaired) electrons. The lowest BCUT2D eigenvalue weighted by atomic mass is 10.1. The van der Waals surface area contributed by atoms with Gasteiger partial charge in [0.05, 0.1) is 32.8 Å².